The quantitative estimate of drug-likeness (QED) is 0.138. The number of imide groups is 2. The van der Waals surface area contributed by atoms with Crippen molar-refractivity contribution in [1.82, 2.24) is 0 Å². The molecule has 3 aromatic carbocycles. The van der Waals surface area contributed by atoms with Crippen LogP contribution in [0.3, 0.4) is 0 Å². The molecule has 3 aromatic rings. The number of fused-ring (bicyclic) bond motifs is 4. The fraction of sp³-hybridized carbons (Fsp3) is 0.333. The van der Waals surface area contributed by atoms with Gasteiger partial charge in [0.15, 0.2) is 11.4 Å². The van der Waals surface area contributed by atoms with Gasteiger partial charge in [0.2, 0.25) is 23.6 Å². The zero-order chi connectivity index (χ0) is 41.5. The molecule has 0 spiro atoms. The zero-order valence-corrected chi connectivity index (χ0v) is 30.5. The molecule has 6 unspecified atom stereocenters. The molecule has 2 saturated heterocycles. The van der Waals surface area contributed by atoms with Gasteiger partial charge < -0.3 is 14.9 Å². The first-order chi connectivity index (χ1) is 26.8. The number of benzene rings is 3. The van der Waals surface area contributed by atoms with Crippen LogP contribution in [-0.2, 0) is 19.2 Å². The lowest BCUT2D eigenvalue weighted by Crippen LogP contribution is -2.43. The smallest absolute Gasteiger partial charge is 0.301 e. The molecule has 4 aliphatic rings. The number of anilines is 4. The number of nitro benzene ring substituents is 4. The summed E-state index contributed by atoms with van der Waals surface area (Å²) in [4.78, 5) is 106. The van der Waals surface area contributed by atoms with E-state index in [0.29, 0.717) is 20.9 Å². The van der Waals surface area contributed by atoms with Crippen molar-refractivity contribution in [2.75, 3.05) is 47.8 Å². The van der Waals surface area contributed by atoms with Crippen molar-refractivity contribution in [2.24, 2.45) is 29.6 Å². The van der Waals surface area contributed by atoms with Crippen LogP contribution >= 0.6 is 0 Å². The number of aromatic hydroxyl groups is 1. The average Bonchev–Trinajstić information content (AvgIpc) is 3.55. The van der Waals surface area contributed by atoms with E-state index >= 15 is 0 Å². The molecule has 3 fully saturated rings. The number of nitro groups is 4. The first kappa shape index (κ1) is 38.0. The summed E-state index contributed by atoms with van der Waals surface area (Å²) >= 11 is 0. The molecule has 2 aliphatic heterocycles. The van der Waals surface area contributed by atoms with Gasteiger partial charge in [0.1, 0.15) is 5.75 Å². The van der Waals surface area contributed by atoms with Crippen molar-refractivity contribution in [3.63, 3.8) is 0 Å². The number of rotatable bonds is 9. The second-order valence-electron chi connectivity index (χ2n) is 14.6. The van der Waals surface area contributed by atoms with E-state index in [1.165, 1.54) is 51.3 Å². The Morgan fingerprint density at radius 1 is 0.614 bits per heavy atom. The van der Waals surface area contributed by atoms with Crippen LogP contribution < -0.4 is 19.6 Å². The summed E-state index contributed by atoms with van der Waals surface area (Å²) in [5.41, 5.74) is -3.63. The highest BCUT2D eigenvalue weighted by molar-refractivity contribution is 6.24. The third kappa shape index (κ3) is 5.76. The Balaban J connectivity index is 1.35. The van der Waals surface area contributed by atoms with Crippen LogP contribution in [-0.4, -0.2) is 76.6 Å². The molecule has 0 bridgehead atoms. The Hall–Kier alpha value is -7.32. The predicted octanol–water partition coefficient (Wildman–Crippen LogP) is 4.20. The SMILES string of the molecule is CN(C)c1c([N+](=O)[O-])cc(N2C(=O)C3CC=C4C(CC5C(=O)N(c6cc([N+](=O)[O-])c(N(C)C)c([N+](=O)[O-])c6)C(=O)C5C4c4cccc(O)c4)C3C2=O)cc1[N+](=O)[O-]. The standard InChI is InChI=1S/C36H32N8O13/c1-37(2)31-24(41(50)51)11-17(12-25(31)42(52)53)39-33(46)21-9-8-20-22(29(21)35(39)48)15-23-30(28(20)16-6-5-7-19(45)10-16)36(49)40(34(23)47)18-13-26(43(54)55)32(38(3)4)27(14-18)44(56)57/h5-8,10-14,21-23,28-30,45H,9,15H2,1-4H3. The second kappa shape index (κ2) is 13.5. The normalized spacial score (nSPS) is 23.8. The Morgan fingerprint density at radius 3 is 1.47 bits per heavy atom. The van der Waals surface area contributed by atoms with E-state index in [0.717, 1.165) is 29.2 Å². The van der Waals surface area contributed by atoms with Gasteiger partial charge in [-0.25, -0.2) is 9.80 Å². The highest BCUT2D eigenvalue weighted by Crippen LogP contribution is 2.59. The van der Waals surface area contributed by atoms with E-state index in [9.17, 15) is 64.7 Å². The van der Waals surface area contributed by atoms with E-state index in [4.69, 9.17) is 0 Å². The Bertz CT molecular complexity index is 2340. The molecular formula is C36H32N8O13. The second-order valence-corrected chi connectivity index (χ2v) is 14.6. The predicted molar refractivity (Wildman–Crippen MR) is 199 cm³/mol. The van der Waals surface area contributed by atoms with Crippen LogP contribution in [0, 0.1) is 70.0 Å². The molecular weight excluding hydrogens is 752 g/mol. The van der Waals surface area contributed by atoms with Crippen molar-refractivity contribution in [3.05, 3.63) is 106 Å². The van der Waals surface area contributed by atoms with E-state index in [1.54, 1.807) is 12.1 Å². The molecule has 2 aliphatic carbocycles. The maximum absolute atomic E-state index is 14.5. The van der Waals surface area contributed by atoms with Crippen molar-refractivity contribution in [1.29, 1.82) is 0 Å². The molecule has 4 amide bonds. The third-order valence-electron chi connectivity index (χ3n) is 11.2. The summed E-state index contributed by atoms with van der Waals surface area (Å²) in [5, 5.41) is 59.1. The van der Waals surface area contributed by atoms with Crippen LogP contribution in [0.2, 0.25) is 0 Å². The number of carbonyl (C=O) groups excluding carboxylic acids is 4. The minimum atomic E-state index is -1.23. The van der Waals surface area contributed by atoms with Gasteiger partial charge in [0, 0.05) is 58.4 Å². The molecule has 1 saturated carbocycles. The maximum atomic E-state index is 14.5. The summed E-state index contributed by atoms with van der Waals surface area (Å²) in [5.74, 6) is -10.1. The Morgan fingerprint density at radius 2 is 1.05 bits per heavy atom. The molecule has 6 atom stereocenters. The van der Waals surface area contributed by atoms with Crippen LogP contribution in [0.5, 0.6) is 5.75 Å². The van der Waals surface area contributed by atoms with Crippen LogP contribution in [0.25, 0.3) is 0 Å². The van der Waals surface area contributed by atoms with Gasteiger partial charge in [0.25, 0.3) is 0 Å². The summed E-state index contributed by atoms with van der Waals surface area (Å²) in [7, 11) is 5.44. The van der Waals surface area contributed by atoms with E-state index in [-0.39, 0.29) is 30.0 Å². The lowest BCUT2D eigenvalue weighted by atomic mass is 9.57. The Kier molecular flexibility index (Phi) is 8.97. The summed E-state index contributed by atoms with van der Waals surface area (Å²) in [6.07, 6.45) is 1.43. The van der Waals surface area contributed by atoms with Gasteiger partial charge in [0.05, 0.1) is 54.7 Å². The van der Waals surface area contributed by atoms with Gasteiger partial charge in [-0.15, -0.1) is 0 Å². The van der Waals surface area contributed by atoms with Crippen molar-refractivity contribution in [2.45, 2.75) is 18.8 Å². The van der Waals surface area contributed by atoms with E-state index < -0.39 is 113 Å². The largest absolute Gasteiger partial charge is 0.508 e. The van der Waals surface area contributed by atoms with Crippen molar-refractivity contribution >= 4 is 69.1 Å². The van der Waals surface area contributed by atoms with E-state index in [2.05, 4.69) is 0 Å². The highest BCUT2D eigenvalue weighted by Gasteiger charge is 2.62. The average molecular weight is 785 g/mol. The van der Waals surface area contributed by atoms with Gasteiger partial charge in [-0.2, -0.15) is 0 Å². The number of amides is 4. The summed E-state index contributed by atoms with van der Waals surface area (Å²) < 4.78 is 0. The van der Waals surface area contributed by atoms with Crippen LogP contribution in [0.4, 0.5) is 45.5 Å². The third-order valence-corrected chi connectivity index (χ3v) is 11.2. The number of hydrogen-bond donors (Lipinski definition) is 1. The first-order valence-electron chi connectivity index (χ1n) is 17.4. The molecule has 0 aromatic heterocycles. The number of phenols is 1. The highest BCUT2D eigenvalue weighted by atomic mass is 16.6. The van der Waals surface area contributed by atoms with Gasteiger partial charge in [-0.05, 0) is 36.5 Å². The molecule has 0 radical (unpaired) electrons. The van der Waals surface area contributed by atoms with Crippen LogP contribution in [0.1, 0.15) is 24.3 Å². The minimum Gasteiger partial charge on any atom is -0.508 e. The number of hydrogen-bond acceptors (Lipinski definition) is 15. The fourth-order valence-electron chi connectivity index (χ4n) is 9.10. The summed E-state index contributed by atoms with van der Waals surface area (Å²) in [6, 6.07) is 9.47. The first-order valence-corrected chi connectivity index (χ1v) is 17.4. The van der Waals surface area contributed by atoms with Gasteiger partial charge >= 0.3 is 22.7 Å². The molecule has 294 valence electrons. The number of nitrogens with zero attached hydrogens (tertiary/aromatic N) is 8. The van der Waals surface area contributed by atoms with Crippen LogP contribution in [0.15, 0.2) is 60.2 Å². The van der Waals surface area contributed by atoms with E-state index in [1.807, 2.05) is 0 Å². The number of allylic oxidation sites excluding steroid dienone is 2. The number of phenolic OH excluding ortho intramolecular Hbond substituents is 1. The fourth-order valence-corrected chi connectivity index (χ4v) is 9.10. The number of carbonyl (C=O) groups is 4. The molecule has 57 heavy (non-hydrogen) atoms. The van der Waals surface area contributed by atoms with Crippen molar-refractivity contribution in [3.8, 4) is 5.75 Å². The monoisotopic (exact) mass is 784 g/mol. The molecule has 7 rings (SSSR count). The van der Waals surface area contributed by atoms with Gasteiger partial charge in [-0.3, -0.25) is 59.6 Å². The molecule has 2 heterocycles. The topological polar surface area (TPSA) is 274 Å². The molecule has 1 N–H and O–H groups in total. The lowest BCUT2D eigenvalue weighted by molar-refractivity contribution is -0.392. The molecule has 21 nitrogen and oxygen atoms in total. The Labute approximate surface area is 320 Å². The summed E-state index contributed by atoms with van der Waals surface area (Å²) in [6.45, 7) is 0. The minimum absolute atomic E-state index is 0.0551. The van der Waals surface area contributed by atoms with Crippen molar-refractivity contribution < 1.29 is 44.0 Å². The maximum Gasteiger partial charge on any atom is 0.301 e. The molecule has 21 heteroatoms. The zero-order valence-electron chi connectivity index (χ0n) is 30.5. The van der Waals surface area contributed by atoms with Gasteiger partial charge in [-0.1, -0.05) is 23.8 Å². The lowest BCUT2D eigenvalue weighted by Gasteiger charge is -2.44.